The molecule has 0 aromatic heterocycles. The molecular formula is C68H42O9. The van der Waals surface area contributed by atoms with Gasteiger partial charge in [0.15, 0.2) is 0 Å². The lowest BCUT2D eigenvalue weighted by Gasteiger charge is -2.38. The van der Waals surface area contributed by atoms with Gasteiger partial charge in [-0.25, -0.2) is 0 Å². The van der Waals surface area contributed by atoms with Gasteiger partial charge in [0.05, 0.1) is 0 Å². The zero-order valence-electron chi connectivity index (χ0n) is 40.7. The molecule has 1 atom stereocenters. The first-order valence-electron chi connectivity index (χ1n) is 25.6. The molecule has 368 valence electrons. The first kappa shape index (κ1) is 43.3. The minimum absolute atomic E-state index is 0.137. The number of allylic oxidation sites excluding steroid dienone is 4. The highest BCUT2D eigenvalue weighted by molar-refractivity contribution is 6.00. The van der Waals surface area contributed by atoms with E-state index in [2.05, 4.69) is 12.2 Å². The van der Waals surface area contributed by atoms with E-state index in [0.29, 0.717) is 34.5 Å². The molecule has 12 aromatic carbocycles. The Balaban J connectivity index is 1.07. The summed E-state index contributed by atoms with van der Waals surface area (Å²) in [6, 6.07) is 56.6. The van der Waals surface area contributed by atoms with Crippen molar-refractivity contribution in [2.24, 2.45) is 5.92 Å². The summed E-state index contributed by atoms with van der Waals surface area (Å²) in [6.07, 6.45) is 4.79. The molecule has 6 N–H and O–H groups in total. The van der Waals surface area contributed by atoms with E-state index in [-0.39, 0.29) is 34.5 Å². The van der Waals surface area contributed by atoms with Crippen molar-refractivity contribution >= 4 is 64.6 Å². The molecule has 0 fully saturated rings. The van der Waals surface area contributed by atoms with Crippen LogP contribution in [0.4, 0.5) is 0 Å². The molecule has 0 radical (unpaired) electrons. The molecule has 0 spiro atoms. The fourth-order valence-corrected chi connectivity index (χ4v) is 13.5. The first-order valence-corrected chi connectivity index (χ1v) is 25.6. The average molecular weight is 1000 g/mol. The molecule has 16 rings (SSSR count). The summed E-state index contributed by atoms with van der Waals surface area (Å²) in [7, 11) is 0. The second-order valence-corrected chi connectivity index (χ2v) is 20.8. The molecule has 0 bridgehead atoms. The van der Waals surface area contributed by atoms with Gasteiger partial charge in [0.25, 0.3) is 0 Å². The molecule has 9 nitrogen and oxygen atoms in total. The molecule has 0 saturated heterocycles. The Labute approximate surface area is 438 Å². The van der Waals surface area contributed by atoms with Crippen LogP contribution in [0.2, 0.25) is 0 Å². The van der Waals surface area contributed by atoms with Crippen molar-refractivity contribution in [3.05, 3.63) is 239 Å². The van der Waals surface area contributed by atoms with Crippen molar-refractivity contribution < 1.29 is 44.8 Å². The summed E-state index contributed by atoms with van der Waals surface area (Å²) in [4.78, 5) is 0. The number of hydrogen-bond acceptors (Lipinski definition) is 9. The fourth-order valence-electron chi connectivity index (χ4n) is 13.5. The number of fused-ring (bicyclic) bond motifs is 18. The Kier molecular flexibility index (Phi) is 8.83. The second-order valence-electron chi connectivity index (χ2n) is 20.8. The number of ether oxygens (including phenoxy) is 3. The summed E-state index contributed by atoms with van der Waals surface area (Å²) in [5.41, 5.74) is 7.53. The van der Waals surface area contributed by atoms with Crippen molar-refractivity contribution in [3.8, 4) is 69.0 Å². The second kappa shape index (κ2) is 15.7. The van der Waals surface area contributed by atoms with Crippen LogP contribution < -0.4 is 14.2 Å². The molecule has 1 unspecified atom stereocenters. The van der Waals surface area contributed by atoms with Crippen LogP contribution >= 0.6 is 0 Å². The van der Waals surface area contributed by atoms with Crippen LogP contribution in [0, 0.1) is 5.92 Å². The largest absolute Gasteiger partial charge is 0.508 e. The lowest BCUT2D eigenvalue weighted by Crippen LogP contribution is -2.24. The van der Waals surface area contributed by atoms with E-state index >= 15 is 0 Å². The zero-order chi connectivity index (χ0) is 51.5. The number of phenols is 6. The van der Waals surface area contributed by atoms with Gasteiger partial charge in [0.1, 0.15) is 69.0 Å². The van der Waals surface area contributed by atoms with Crippen LogP contribution in [0.5, 0.6) is 69.0 Å². The van der Waals surface area contributed by atoms with Gasteiger partial charge in [0.2, 0.25) is 0 Å². The van der Waals surface area contributed by atoms with Crippen LogP contribution in [0.3, 0.4) is 0 Å². The molecular weight excluding hydrogens is 961 g/mol. The predicted molar refractivity (Wildman–Crippen MR) is 299 cm³/mol. The summed E-state index contributed by atoms with van der Waals surface area (Å²) in [5.74, 6) is 2.93. The zero-order valence-corrected chi connectivity index (χ0v) is 40.7. The molecule has 12 aromatic rings. The highest BCUT2D eigenvalue weighted by Crippen LogP contribution is 2.64. The van der Waals surface area contributed by atoms with Gasteiger partial charge in [-0.05, 0) is 185 Å². The van der Waals surface area contributed by atoms with Gasteiger partial charge >= 0.3 is 0 Å². The maximum absolute atomic E-state index is 11.0. The number of aromatic hydroxyl groups is 6. The van der Waals surface area contributed by atoms with Gasteiger partial charge in [0, 0.05) is 57.1 Å². The van der Waals surface area contributed by atoms with Gasteiger partial charge < -0.3 is 44.8 Å². The standard InChI is InChI=1S/C68H42O9/c69-40-7-13-46-33(25-40)1-19-54-61(46)60(62-47-14-8-41(70)26-34(47)2-20-55(62)75-54)39-31-52(67-63-48-15-9-42(71)27-35(48)3-21-56(63)76-57-22-4-36-28-43(72)10-16-49(36)64(57)67)53(32-39)68-65-50-17-11-44(73)29-37(50)5-23-58(65)77-59-24-6-38-30-45(74)12-18-51(38)66(59)68/h1-32,52,60,67-74H. The number of rotatable bonds is 3. The summed E-state index contributed by atoms with van der Waals surface area (Å²) < 4.78 is 21.0. The Morgan fingerprint density at radius 1 is 0.273 bits per heavy atom. The third-order valence-corrected chi connectivity index (χ3v) is 16.6. The van der Waals surface area contributed by atoms with Gasteiger partial charge in [-0.1, -0.05) is 84.9 Å². The average Bonchev–Trinajstić information content (AvgIpc) is 4.11. The van der Waals surface area contributed by atoms with Crippen molar-refractivity contribution in [2.45, 2.75) is 17.8 Å². The van der Waals surface area contributed by atoms with Crippen LogP contribution in [0.1, 0.15) is 51.1 Å². The Hall–Kier alpha value is -10.1. The predicted octanol–water partition coefficient (Wildman–Crippen LogP) is 16.4. The lowest BCUT2D eigenvalue weighted by molar-refractivity contribution is 0.430. The van der Waals surface area contributed by atoms with Crippen molar-refractivity contribution in [1.82, 2.24) is 0 Å². The molecule has 0 saturated carbocycles. The van der Waals surface area contributed by atoms with E-state index < -0.39 is 23.7 Å². The smallest absolute Gasteiger partial charge is 0.132 e. The maximum Gasteiger partial charge on any atom is 0.132 e. The van der Waals surface area contributed by atoms with E-state index in [0.717, 1.165) is 109 Å². The van der Waals surface area contributed by atoms with E-state index in [1.54, 1.807) is 72.8 Å². The van der Waals surface area contributed by atoms with Crippen molar-refractivity contribution in [3.63, 3.8) is 0 Å². The van der Waals surface area contributed by atoms with E-state index in [4.69, 9.17) is 14.2 Å². The van der Waals surface area contributed by atoms with E-state index in [1.165, 1.54) is 0 Å². The quantitative estimate of drug-likeness (QED) is 0.102. The molecule has 9 heteroatoms. The van der Waals surface area contributed by atoms with Gasteiger partial charge in [-0.15, -0.1) is 0 Å². The normalized spacial score (nSPS) is 15.8. The monoisotopic (exact) mass is 1000 g/mol. The van der Waals surface area contributed by atoms with E-state index in [9.17, 15) is 30.6 Å². The van der Waals surface area contributed by atoms with Crippen LogP contribution in [-0.2, 0) is 0 Å². The molecule has 77 heavy (non-hydrogen) atoms. The van der Waals surface area contributed by atoms with Crippen molar-refractivity contribution in [2.75, 3.05) is 0 Å². The Bertz CT molecular complexity index is 4450. The molecule has 4 aliphatic rings. The SMILES string of the molecule is Oc1ccc2c3c(ccc2c1)Oc1ccc2cc(O)ccc2c1C3C1=CC(C2c3c(ccc4cc(O)ccc34)Oc3ccc4cc(O)ccc4c32)C(C2c3c(ccc4cc(O)ccc34)Oc3ccc4cc(O)ccc4c32)=C1. The number of benzene rings is 12. The van der Waals surface area contributed by atoms with Crippen molar-refractivity contribution in [1.29, 1.82) is 0 Å². The summed E-state index contributed by atoms with van der Waals surface area (Å²) in [5, 5.41) is 76.3. The first-order chi connectivity index (χ1) is 37.6. The molecule has 3 heterocycles. The summed E-state index contributed by atoms with van der Waals surface area (Å²) in [6.45, 7) is 0. The topological polar surface area (TPSA) is 149 Å². The van der Waals surface area contributed by atoms with Crippen LogP contribution in [0.25, 0.3) is 64.6 Å². The van der Waals surface area contributed by atoms with Crippen LogP contribution in [-0.4, -0.2) is 30.6 Å². The summed E-state index contributed by atoms with van der Waals surface area (Å²) >= 11 is 0. The molecule has 3 aliphatic heterocycles. The highest BCUT2D eigenvalue weighted by Gasteiger charge is 2.46. The molecule has 0 amide bonds. The lowest BCUT2D eigenvalue weighted by atomic mass is 9.68. The van der Waals surface area contributed by atoms with Gasteiger partial charge in [-0.3, -0.25) is 0 Å². The maximum atomic E-state index is 11.0. The third-order valence-electron chi connectivity index (χ3n) is 16.6. The fraction of sp³-hybridized carbons (Fsp3) is 0.0588. The minimum Gasteiger partial charge on any atom is -0.508 e. The third kappa shape index (κ3) is 6.34. The Morgan fingerprint density at radius 2 is 0.532 bits per heavy atom. The minimum atomic E-state index is -0.519. The number of hydrogen-bond donors (Lipinski definition) is 6. The van der Waals surface area contributed by atoms with Gasteiger partial charge in [-0.2, -0.15) is 0 Å². The number of phenolic OH excluding ortho intramolecular Hbond substituents is 6. The Morgan fingerprint density at radius 3 is 0.831 bits per heavy atom. The highest BCUT2D eigenvalue weighted by atomic mass is 16.5. The molecule has 1 aliphatic carbocycles. The van der Waals surface area contributed by atoms with Crippen LogP contribution in [0.15, 0.2) is 205 Å². The van der Waals surface area contributed by atoms with E-state index in [1.807, 2.05) is 109 Å².